The van der Waals surface area contributed by atoms with E-state index < -0.39 is 0 Å². The molecule has 0 radical (unpaired) electrons. The van der Waals surface area contributed by atoms with Crippen molar-refractivity contribution in [3.8, 4) is 11.3 Å². The summed E-state index contributed by atoms with van der Waals surface area (Å²) in [5.74, 6) is 0.982. The molecule has 0 fully saturated rings. The minimum atomic E-state index is 0.949. The van der Waals surface area contributed by atoms with Crippen LogP contribution in [-0.4, -0.2) is 37.2 Å². The van der Waals surface area contributed by atoms with Gasteiger partial charge < -0.3 is 9.80 Å². The Morgan fingerprint density at radius 2 is 1.75 bits per heavy atom. The molecule has 1 heterocycles. The molecule has 0 N–H and O–H groups in total. The number of benzene rings is 1. The van der Waals surface area contributed by atoms with Crippen molar-refractivity contribution in [1.82, 2.24) is 9.97 Å². The molecule has 0 aliphatic heterocycles. The van der Waals surface area contributed by atoms with Crippen LogP contribution in [0.1, 0.15) is 13.8 Å². The van der Waals surface area contributed by atoms with E-state index in [1.807, 2.05) is 14.1 Å². The second-order valence-electron chi connectivity index (χ2n) is 4.88. The van der Waals surface area contributed by atoms with Crippen LogP contribution in [0.25, 0.3) is 11.3 Å². The third-order valence-electron chi connectivity index (χ3n) is 3.40. The molecule has 0 saturated heterocycles. The average Bonchev–Trinajstić information content (AvgIpc) is 2.49. The fourth-order valence-corrected chi connectivity index (χ4v) is 2.17. The monoisotopic (exact) mass is 270 g/mol. The summed E-state index contributed by atoms with van der Waals surface area (Å²) < 4.78 is 0. The molecule has 0 aliphatic carbocycles. The maximum atomic E-state index is 4.40. The second kappa shape index (κ2) is 6.37. The molecule has 0 saturated carbocycles. The Bertz CT molecular complexity index is 562. The number of hydrogen-bond acceptors (Lipinski definition) is 4. The molecule has 2 rings (SSSR count). The molecule has 4 heteroatoms. The van der Waals surface area contributed by atoms with Crippen LogP contribution in [0, 0.1) is 0 Å². The molecule has 1 aromatic carbocycles. The van der Waals surface area contributed by atoms with Gasteiger partial charge in [-0.1, -0.05) is 12.1 Å². The van der Waals surface area contributed by atoms with Crippen LogP contribution in [0.2, 0.25) is 0 Å². The highest BCUT2D eigenvalue weighted by atomic mass is 15.2. The lowest BCUT2D eigenvalue weighted by atomic mass is 10.1. The first-order valence-corrected chi connectivity index (χ1v) is 7.00. The number of hydrogen-bond donors (Lipinski definition) is 0. The summed E-state index contributed by atoms with van der Waals surface area (Å²) in [6, 6.07) is 10.4. The van der Waals surface area contributed by atoms with Crippen LogP contribution in [0.3, 0.4) is 0 Å². The molecule has 0 spiro atoms. The topological polar surface area (TPSA) is 32.3 Å². The largest absolute Gasteiger partial charge is 0.378 e. The number of aromatic nitrogens is 2. The van der Waals surface area contributed by atoms with Crippen LogP contribution >= 0.6 is 0 Å². The maximum Gasteiger partial charge on any atom is 0.132 e. The summed E-state index contributed by atoms with van der Waals surface area (Å²) in [6.45, 7) is 6.17. The first-order chi connectivity index (χ1) is 9.65. The molecule has 1 aromatic heterocycles. The number of rotatable bonds is 5. The van der Waals surface area contributed by atoms with Crippen LogP contribution < -0.4 is 9.80 Å². The third kappa shape index (κ3) is 3.07. The highest BCUT2D eigenvalue weighted by Gasteiger charge is 2.07. The van der Waals surface area contributed by atoms with Crippen molar-refractivity contribution in [1.29, 1.82) is 0 Å². The van der Waals surface area contributed by atoms with Crippen molar-refractivity contribution in [2.75, 3.05) is 37.0 Å². The first kappa shape index (κ1) is 14.3. The summed E-state index contributed by atoms with van der Waals surface area (Å²) in [7, 11) is 4.08. The molecule has 0 bridgehead atoms. The average molecular weight is 270 g/mol. The Morgan fingerprint density at radius 3 is 2.40 bits per heavy atom. The molecule has 0 unspecified atom stereocenters. The summed E-state index contributed by atoms with van der Waals surface area (Å²) in [6.07, 6.45) is 1.64. The highest BCUT2D eigenvalue weighted by Crippen LogP contribution is 2.24. The fourth-order valence-electron chi connectivity index (χ4n) is 2.17. The van der Waals surface area contributed by atoms with E-state index in [0.717, 1.165) is 30.2 Å². The molecule has 0 atom stereocenters. The maximum absolute atomic E-state index is 4.40. The van der Waals surface area contributed by atoms with E-state index in [4.69, 9.17) is 0 Å². The smallest absolute Gasteiger partial charge is 0.132 e. The summed E-state index contributed by atoms with van der Waals surface area (Å²) in [5, 5.41) is 0. The minimum absolute atomic E-state index is 0.949. The minimum Gasteiger partial charge on any atom is -0.378 e. The van der Waals surface area contributed by atoms with Crippen LogP contribution in [0.15, 0.2) is 36.7 Å². The lowest BCUT2D eigenvalue weighted by Crippen LogP contribution is -2.22. The summed E-state index contributed by atoms with van der Waals surface area (Å²) >= 11 is 0. The van der Waals surface area contributed by atoms with E-state index in [0.29, 0.717) is 0 Å². The quantitative estimate of drug-likeness (QED) is 0.836. The Hall–Kier alpha value is -2.10. The summed E-state index contributed by atoms with van der Waals surface area (Å²) in [5.41, 5.74) is 3.25. The van der Waals surface area contributed by atoms with Crippen molar-refractivity contribution >= 4 is 11.5 Å². The van der Waals surface area contributed by atoms with Crippen molar-refractivity contribution in [2.24, 2.45) is 0 Å². The molecule has 20 heavy (non-hydrogen) atoms. The van der Waals surface area contributed by atoms with Crippen molar-refractivity contribution in [3.63, 3.8) is 0 Å². The van der Waals surface area contributed by atoms with E-state index in [1.165, 1.54) is 5.69 Å². The van der Waals surface area contributed by atoms with Gasteiger partial charge in [0.05, 0.1) is 5.69 Å². The fraction of sp³-hybridized carbons (Fsp3) is 0.375. The van der Waals surface area contributed by atoms with E-state index >= 15 is 0 Å². The van der Waals surface area contributed by atoms with Crippen molar-refractivity contribution < 1.29 is 0 Å². The van der Waals surface area contributed by atoms with Crippen molar-refractivity contribution in [3.05, 3.63) is 36.7 Å². The van der Waals surface area contributed by atoms with E-state index in [9.17, 15) is 0 Å². The Morgan fingerprint density at radius 1 is 1.00 bits per heavy atom. The Balaban J connectivity index is 2.38. The van der Waals surface area contributed by atoms with E-state index in [-0.39, 0.29) is 0 Å². The zero-order chi connectivity index (χ0) is 14.5. The van der Waals surface area contributed by atoms with Gasteiger partial charge in [0, 0.05) is 44.5 Å². The third-order valence-corrected chi connectivity index (χ3v) is 3.40. The van der Waals surface area contributed by atoms with Gasteiger partial charge in [-0.3, -0.25) is 0 Å². The Kier molecular flexibility index (Phi) is 4.56. The van der Waals surface area contributed by atoms with Gasteiger partial charge in [-0.15, -0.1) is 0 Å². The zero-order valence-corrected chi connectivity index (χ0v) is 12.7. The van der Waals surface area contributed by atoms with Gasteiger partial charge in [0.1, 0.15) is 12.1 Å². The number of anilines is 2. The van der Waals surface area contributed by atoms with Crippen LogP contribution in [0.4, 0.5) is 11.5 Å². The zero-order valence-electron chi connectivity index (χ0n) is 12.7. The van der Waals surface area contributed by atoms with Gasteiger partial charge >= 0.3 is 0 Å². The van der Waals surface area contributed by atoms with Gasteiger partial charge in [-0.05, 0) is 26.0 Å². The molecular weight excluding hydrogens is 248 g/mol. The molecule has 0 amide bonds. The Labute approximate surface area is 121 Å². The lowest BCUT2D eigenvalue weighted by molar-refractivity contribution is 0.842. The normalized spacial score (nSPS) is 10.4. The molecular formula is C16H22N4. The molecule has 4 nitrogen and oxygen atoms in total. The first-order valence-electron chi connectivity index (χ1n) is 7.00. The van der Waals surface area contributed by atoms with Gasteiger partial charge in [0.25, 0.3) is 0 Å². The predicted molar refractivity (Wildman–Crippen MR) is 85.4 cm³/mol. The molecule has 106 valence electrons. The number of nitrogens with zero attached hydrogens (tertiary/aromatic N) is 4. The van der Waals surface area contributed by atoms with Crippen molar-refractivity contribution in [2.45, 2.75) is 13.8 Å². The lowest BCUT2D eigenvalue weighted by Gasteiger charge is -2.20. The van der Waals surface area contributed by atoms with Crippen LogP contribution in [-0.2, 0) is 0 Å². The van der Waals surface area contributed by atoms with E-state index in [1.54, 1.807) is 6.33 Å². The SMILES string of the molecule is CCN(CC)c1cc(-c2cccc(N(C)C)c2)ncn1. The second-order valence-corrected chi connectivity index (χ2v) is 4.88. The standard InChI is InChI=1S/C16H22N4/c1-5-20(6-2)16-11-15(17-12-18-16)13-8-7-9-14(10-13)19(3)4/h7-12H,5-6H2,1-4H3. The molecule has 0 aliphatic rings. The van der Waals surface area contributed by atoms with E-state index in [2.05, 4.69) is 63.9 Å². The van der Waals surface area contributed by atoms with Gasteiger partial charge in [0.2, 0.25) is 0 Å². The molecule has 2 aromatic rings. The predicted octanol–water partition coefficient (Wildman–Crippen LogP) is 3.06. The van der Waals surface area contributed by atoms with Gasteiger partial charge in [-0.25, -0.2) is 9.97 Å². The summed E-state index contributed by atoms with van der Waals surface area (Å²) in [4.78, 5) is 13.1. The van der Waals surface area contributed by atoms with Gasteiger partial charge in [0.15, 0.2) is 0 Å². The van der Waals surface area contributed by atoms with Gasteiger partial charge in [-0.2, -0.15) is 0 Å². The van der Waals surface area contributed by atoms with Crippen LogP contribution in [0.5, 0.6) is 0 Å². The highest BCUT2D eigenvalue weighted by molar-refractivity contribution is 5.67.